The van der Waals surface area contributed by atoms with Crippen molar-refractivity contribution in [3.8, 4) is 0 Å². The Kier molecular flexibility index (Phi) is 5.64. The number of hydrogen-bond donors (Lipinski definition) is 3. The summed E-state index contributed by atoms with van der Waals surface area (Å²) in [5.74, 6) is 1.45. The van der Waals surface area contributed by atoms with Gasteiger partial charge in [0.05, 0.1) is 11.0 Å². The molecule has 3 N–H and O–H groups in total. The van der Waals surface area contributed by atoms with Crippen molar-refractivity contribution in [2.75, 3.05) is 29.9 Å². The number of aromatic nitrogens is 2. The number of carbonyl (C=O) groups is 1. The zero-order valence-corrected chi connectivity index (χ0v) is 18.2. The van der Waals surface area contributed by atoms with Gasteiger partial charge in [-0.2, -0.15) is 0 Å². The molecule has 162 valence electrons. The van der Waals surface area contributed by atoms with Crippen LogP contribution >= 0.6 is 0 Å². The number of carbonyl (C=O) groups excluding carboxylic acids is 1. The Morgan fingerprint density at radius 1 is 1.13 bits per heavy atom. The Morgan fingerprint density at radius 2 is 1.94 bits per heavy atom. The summed E-state index contributed by atoms with van der Waals surface area (Å²) < 4.78 is 0. The fourth-order valence-electron chi connectivity index (χ4n) is 4.45. The second kappa shape index (κ2) is 8.71. The highest BCUT2D eigenvalue weighted by Gasteiger charge is 2.29. The number of aromatic amines is 1. The number of rotatable bonds is 7. The number of hydrogen-bond acceptors (Lipinski definition) is 4. The van der Waals surface area contributed by atoms with E-state index in [9.17, 15) is 4.79 Å². The Balaban J connectivity index is 1.09. The summed E-state index contributed by atoms with van der Waals surface area (Å²) in [5.41, 5.74) is 5.54. The van der Waals surface area contributed by atoms with Crippen molar-refractivity contribution in [2.24, 2.45) is 5.92 Å². The van der Waals surface area contributed by atoms with Gasteiger partial charge in [0.1, 0.15) is 5.82 Å². The molecule has 0 atom stereocenters. The maximum absolute atomic E-state index is 12.0. The molecule has 1 aromatic heterocycles. The van der Waals surface area contributed by atoms with Crippen LogP contribution in [0.4, 0.5) is 11.4 Å². The van der Waals surface area contributed by atoms with Crippen LogP contribution in [0.25, 0.3) is 11.0 Å². The minimum atomic E-state index is 0.166. The minimum Gasteiger partial charge on any atom is -0.371 e. The van der Waals surface area contributed by atoms with Crippen LogP contribution in [-0.2, 0) is 11.2 Å². The summed E-state index contributed by atoms with van der Waals surface area (Å²) in [7, 11) is 0. The van der Waals surface area contributed by atoms with Gasteiger partial charge < -0.3 is 20.5 Å². The molecule has 0 unspecified atom stereocenters. The van der Waals surface area contributed by atoms with Crippen LogP contribution in [0.3, 0.4) is 0 Å². The Bertz CT molecular complexity index is 1060. The van der Waals surface area contributed by atoms with Crippen LogP contribution in [0.5, 0.6) is 0 Å². The highest BCUT2D eigenvalue weighted by atomic mass is 16.2. The molecule has 2 heterocycles. The lowest BCUT2D eigenvalue weighted by Gasteiger charge is -2.34. The van der Waals surface area contributed by atoms with E-state index in [4.69, 9.17) is 4.98 Å². The summed E-state index contributed by atoms with van der Waals surface area (Å²) >= 11 is 0. The summed E-state index contributed by atoms with van der Waals surface area (Å²) in [4.78, 5) is 22.7. The highest BCUT2D eigenvalue weighted by Crippen LogP contribution is 2.31. The van der Waals surface area contributed by atoms with Gasteiger partial charge in [0.25, 0.3) is 0 Å². The van der Waals surface area contributed by atoms with Gasteiger partial charge in [-0.1, -0.05) is 18.2 Å². The Labute approximate surface area is 183 Å². The van der Waals surface area contributed by atoms with E-state index < -0.39 is 0 Å². The number of anilines is 2. The van der Waals surface area contributed by atoms with Gasteiger partial charge in [0, 0.05) is 49.4 Å². The highest BCUT2D eigenvalue weighted by molar-refractivity contribution is 5.94. The number of piperidine rings is 1. The third-order valence-electron chi connectivity index (χ3n) is 6.48. The molecule has 6 nitrogen and oxygen atoms in total. The first-order valence-corrected chi connectivity index (χ1v) is 11.5. The normalized spacial score (nSPS) is 17.3. The monoisotopic (exact) mass is 417 g/mol. The lowest BCUT2D eigenvalue weighted by Crippen LogP contribution is -2.43. The average molecular weight is 418 g/mol. The lowest BCUT2D eigenvalue weighted by atomic mass is 10.0. The number of para-hydroxylation sites is 1. The van der Waals surface area contributed by atoms with E-state index in [1.807, 2.05) is 12.1 Å². The molecule has 2 fully saturated rings. The topological polar surface area (TPSA) is 73.1 Å². The first kappa shape index (κ1) is 20.1. The Morgan fingerprint density at radius 3 is 2.71 bits per heavy atom. The molecule has 1 aliphatic heterocycles. The van der Waals surface area contributed by atoms with E-state index in [2.05, 4.69) is 57.8 Å². The van der Waals surface area contributed by atoms with E-state index in [0.29, 0.717) is 6.04 Å². The summed E-state index contributed by atoms with van der Waals surface area (Å²) in [6.07, 6.45) is 5.22. The molecule has 2 aromatic carbocycles. The quantitative estimate of drug-likeness (QED) is 0.543. The predicted molar refractivity (Wildman–Crippen MR) is 126 cm³/mol. The van der Waals surface area contributed by atoms with E-state index >= 15 is 0 Å². The van der Waals surface area contributed by atoms with Crippen molar-refractivity contribution in [2.45, 2.75) is 45.1 Å². The van der Waals surface area contributed by atoms with Gasteiger partial charge in [-0.05, 0) is 62.4 Å². The minimum absolute atomic E-state index is 0.166. The molecule has 0 spiro atoms. The molecule has 0 radical (unpaired) electrons. The van der Waals surface area contributed by atoms with Crippen molar-refractivity contribution in [3.63, 3.8) is 0 Å². The summed E-state index contributed by atoms with van der Waals surface area (Å²) in [5, 5.41) is 6.78. The number of imidazole rings is 1. The second-order valence-electron chi connectivity index (χ2n) is 8.93. The average Bonchev–Trinajstić information content (AvgIpc) is 3.55. The predicted octanol–water partition coefficient (Wildman–Crippen LogP) is 4.02. The number of benzene rings is 2. The van der Waals surface area contributed by atoms with Crippen molar-refractivity contribution in [1.82, 2.24) is 15.3 Å². The van der Waals surface area contributed by atoms with Crippen molar-refractivity contribution >= 4 is 28.3 Å². The lowest BCUT2D eigenvalue weighted by molar-refractivity contribution is -0.117. The Hall–Kier alpha value is -2.86. The van der Waals surface area contributed by atoms with Crippen molar-refractivity contribution < 1.29 is 4.79 Å². The maximum atomic E-state index is 12.0. The zero-order valence-electron chi connectivity index (χ0n) is 18.2. The molecule has 0 bridgehead atoms. The third-order valence-corrected chi connectivity index (χ3v) is 6.48. The van der Waals surface area contributed by atoms with Gasteiger partial charge in [-0.3, -0.25) is 4.79 Å². The molecule has 3 aromatic rings. The van der Waals surface area contributed by atoms with Gasteiger partial charge in [0.2, 0.25) is 5.91 Å². The molecule has 1 aliphatic carbocycles. The maximum Gasteiger partial charge on any atom is 0.227 e. The van der Waals surface area contributed by atoms with Crippen molar-refractivity contribution in [1.29, 1.82) is 0 Å². The van der Waals surface area contributed by atoms with Crippen LogP contribution < -0.4 is 15.5 Å². The SMILES string of the molecule is Cc1cccc2[nH]c(CCNC3CCN(c4cccc(NC(=O)C5CC5)c4)CC3)nc12. The first-order chi connectivity index (χ1) is 15.2. The third kappa shape index (κ3) is 4.74. The second-order valence-corrected chi connectivity index (χ2v) is 8.93. The van der Waals surface area contributed by atoms with Gasteiger partial charge >= 0.3 is 0 Å². The molecule has 6 heteroatoms. The number of aryl methyl sites for hydroxylation is 1. The van der Waals surface area contributed by atoms with Crippen molar-refractivity contribution in [3.05, 3.63) is 53.9 Å². The standard InChI is InChI=1S/C25H31N5O/c1-17-4-2-7-22-24(17)29-23(28-22)10-13-26-19-11-14-30(15-12-19)21-6-3-5-20(16-21)27-25(31)18-8-9-18/h2-7,16,18-19,26H,8-15H2,1H3,(H,27,31)(H,28,29). The molecule has 31 heavy (non-hydrogen) atoms. The number of nitrogens with one attached hydrogen (secondary N) is 3. The van der Waals surface area contributed by atoms with Gasteiger partial charge in [-0.15, -0.1) is 0 Å². The largest absolute Gasteiger partial charge is 0.371 e. The first-order valence-electron chi connectivity index (χ1n) is 11.5. The van der Waals surface area contributed by atoms with Crippen LogP contribution in [0.15, 0.2) is 42.5 Å². The van der Waals surface area contributed by atoms with Gasteiger partial charge in [0.15, 0.2) is 0 Å². The molecule has 2 aliphatic rings. The van der Waals surface area contributed by atoms with E-state index in [1.54, 1.807) is 0 Å². The number of fused-ring (bicyclic) bond motifs is 1. The molecule has 5 rings (SSSR count). The number of nitrogens with zero attached hydrogens (tertiary/aromatic N) is 2. The zero-order chi connectivity index (χ0) is 21.2. The van der Waals surface area contributed by atoms with Crippen LogP contribution in [0, 0.1) is 12.8 Å². The van der Waals surface area contributed by atoms with Gasteiger partial charge in [-0.25, -0.2) is 4.98 Å². The number of amides is 1. The fraction of sp³-hybridized carbons (Fsp3) is 0.440. The molecule has 1 amide bonds. The molecule has 1 saturated heterocycles. The van der Waals surface area contributed by atoms with E-state index in [0.717, 1.165) is 74.3 Å². The molecular weight excluding hydrogens is 386 g/mol. The fourth-order valence-corrected chi connectivity index (χ4v) is 4.45. The summed E-state index contributed by atoms with van der Waals surface area (Å²) in [6, 6.07) is 15.1. The van der Waals surface area contributed by atoms with E-state index in [1.165, 1.54) is 11.3 Å². The summed E-state index contributed by atoms with van der Waals surface area (Å²) in [6.45, 7) is 5.10. The molecular formula is C25H31N5O. The number of H-pyrrole nitrogens is 1. The van der Waals surface area contributed by atoms with Crippen LogP contribution in [0.2, 0.25) is 0 Å². The van der Waals surface area contributed by atoms with Crippen LogP contribution in [-0.4, -0.2) is 41.6 Å². The smallest absolute Gasteiger partial charge is 0.227 e. The van der Waals surface area contributed by atoms with Crippen LogP contribution in [0.1, 0.15) is 37.1 Å². The van der Waals surface area contributed by atoms with E-state index in [-0.39, 0.29) is 11.8 Å². The molecule has 1 saturated carbocycles.